The number of aromatic nitrogens is 1. The van der Waals surface area contributed by atoms with Crippen LogP contribution in [0.15, 0.2) is 46.2 Å². The molecular weight excluding hydrogens is 318 g/mol. The number of hydrogen-bond acceptors (Lipinski definition) is 5. The molecule has 1 fully saturated rings. The molecule has 1 aliphatic rings. The second kappa shape index (κ2) is 6.04. The predicted octanol–water partition coefficient (Wildman–Crippen LogP) is 2.27. The van der Waals surface area contributed by atoms with E-state index in [2.05, 4.69) is 10.3 Å². The summed E-state index contributed by atoms with van der Waals surface area (Å²) in [4.78, 5) is 18.3. The molecule has 8 heteroatoms. The summed E-state index contributed by atoms with van der Waals surface area (Å²) in [5.41, 5.74) is 0.907. The molecule has 1 N–H and O–H groups in total. The highest BCUT2D eigenvalue weighted by molar-refractivity contribution is 7.90. The van der Waals surface area contributed by atoms with Gasteiger partial charge in [0.1, 0.15) is 5.82 Å². The van der Waals surface area contributed by atoms with Gasteiger partial charge in [-0.2, -0.15) is 0 Å². The van der Waals surface area contributed by atoms with Crippen molar-refractivity contribution in [2.24, 2.45) is 0 Å². The summed E-state index contributed by atoms with van der Waals surface area (Å²) < 4.78 is 28.2. The van der Waals surface area contributed by atoms with Gasteiger partial charge < -0.3 is 9.32 Å². The number of sulfone groups is 1. The molecule has 0 radical (unpaired) electrons. The Kier molecular flexibility index (Phi) is 4.08. The number of nitrogens with one attached hydrogen (secondary N) is 1. The zero-order chi connectivity index (χ0) is 16.4. The fourth-order valence-corrected chi connectivity index (χ4v) is 2.86. The van der Waals surface area contributed by atoms with Crippen molar-refractivity contribution in [2.75, 3.05) is 11.6 Å². The van der Waals surface area contributed by atoms with Gasteiger partial charge in [-0.15, -0.1) is 0 Å². The van der Waals surface area contributed by atoms with Gasteiger partial charge in [0.05, 0.1) is 24.0 Å². The van der Waals surface area contributed by atoms with Crippen LogP contribution in [0.4, 0.5) is 10.6 Å². The van der Waals surface area contributed by atoms with Crippen LogP contribution in [0.3, 0.4) is 0 Å². The van der Waals surface area contributed by atoms with Crippen LogP contribution in [0.1, 0.15) is 18.4 Å². The standard InChI is InChI=1S/C15H17N3O4S/c1-23(20,21)13-4-6-16-14(8-13)17-15(19)18(12-2-3-12)9-11-5-7-22-10-11/h4-8,10,12H,2-3,9H2,1H3,(H,16,17,19). The van der Waals surface area contributed by atoms with Crippen molar-refractivity contribution in [3.8, 4) is 0 Å². The number of furan rings is 1. The quantitative estimate of drug-likeness (QED) is 0.905. The minimum Gasteiger partial charge on any atom is -0.472 e. The van der Waals surface area contributed by atoms with Crippen molar-refractivity contribution in [1.82, 2.24) is 9.88 Å². The molecular formula is C15H17N3O4S. The van der Waals surface area contributed by atoms with E-state index in [0.717, 1.165) is 24.7 Å². The number of amides is 2. The van der Waals surface area contributed by atoms with Crippen LogP contribution < -0.4 is 5.32 Å². The van der Waals surface area contributed by atoms with E-state index in [0.29, 0.717) is 6.54 Å². The van der Waals surface area contributed by atoms with Crippen LogP contribution in [-0.2, 0) is 16.4 Å². The molecule has 0 saturated heterocycles. The lowest BCUT2D eigenvalue weighted by Crippen LogP contribution is -2.36. The summed E-state index contributed by atoms with van der Waals surface area (Å²) in [5, 5.41) is 2.67. The van der Waals surface area contributed by atoms with Gasteiger partial charge in [0.15, 0.2) is 9.84 Å². The van der Waals surface area contributed by atoms with Gasteiger partial charge in [-0.3, -0.25) is 5.32 Å². The van der Waals surface area contributed by atoms with Gasteiger partial charge in [0.25, 0.3) is 0 Å². The number of nitrogens with zero attached hydrogens (tertiary/aromatic N) is 2. The van der Waals surface area contributed by atoms with Gasteiger partial charge >= 0.3 is 6.03 Å². The lowest BCUT2D eigenvalue weighted by Gasteiger charge is -2.22. The summed E-state index contributed by atoms with van der Waals surface area (Å²) in [7, 11) is -3.34. The molecule has 1 saturated carbocycles. The van der Waals surface area contributed by atoms with E-state index < -0.39 is 9.84 Å². The minimum atomic E-state index is -3.34. The maximum atomic E-state index is 12.5. The first-order valence-corrected chi connectivity index (χ1v) is 9.07. The Morgan fingerprint density at radius 3 is 2.83 bits per heavy atom. The number of carbonyl (C=O) groups is 1. The van der Waals surface area contributed by atoms with Crippen molar-refractivity contribution < 1.29 is 17.6 Å². The maximum Gasteiger partial charge on any atom is 0.323 e. The van der Waals surface area contributed by atoms with E-state index in [4.69, 9.17) is 4.42 Å². The summed E-state index contributed by atoms with van der Waals surface area (Å²) in [6.45, 7) is 0.443. The number of carbonyl (C=O) groups excluding carboxylic acids is 1. The number of rotatable bonds is 5. The largest absolute Gasteiger partial charge is 0.472 e. The van der Waals surface area contributed by atoms with Crippen molar-refractivity contribution in [3.63, 3.8) is 0 Å². The Morgan fingerprint density at radius 1 is 1.43 bits per heavy atom. The first kappa shape index (κ1) is 15.5. The van der Waals surface area contributed by atoms with Gasteiger partial charge in [-0.1, -0.05) is 0 Å². The van der Waals surface area contributed by atoms with Gasteiger partial charge in [0.2, 0.25) is 0 Å². The van der Waals surface area contributed by atoms with Gasteiger partial charge in [-0.25, -0.2) is 18.2 Å². The minimum absolute atomic E-state index is 0.121. The van der Waals surface area contributed by atoms with Gasteiger partial charge in [0, 0.05) is 24.1 Å². The lowest BCUT2D eigenvalue weighted by atomic mass is 10.3. The first-order chi connectivity index (χ1) is 10.9. The number of hydrogen-bond donors (Lipinski definition) is 1. The fraction of sp³-hybridized carbons (Fsp3) is 0.333. The topological polar surface area (TPSA) is 92.5 Å². The van der Waals surface area contributed by atoms with Crippen LogP contribution in [0, 0.1) is 0 Å². The second-order valence-corrected chi connectivity index (χ2v) is 7.59. The molecule has 2 aromatic heterocycles. The molecule has 1 aliphatic carbocycles. The average molecular weight is 335 g/mol. The lowest BCUT2D eigenvalue weighted by molar-refractivity contribution is 0.206. The second-order valence-electron chi connectivity index (χ2n) is 5.57. The van der Waals surface area contributed by atoms with E-state index in [1.807, 2.05) is 6.07 Å². The SMILES string of the molecule is CS(=O)(=O)c1ccnc(NC(=O)N(Cc2ccoc2)C2CC2)c1. The van der Waals surface area contributed by atoms with E-state index in [9.17, 15) is 13.2 Å². The first-order valence-electron chi connectivity index (χ1n) is 7.18. The average Bonchev–Trinajstić information content (AvgIpc) is 3.20. The molecule has 23 heavy (non-hydrogen) atoms. The molecule has 0 unspecified atom stereocenters. The summed E-state index contributed by atoms with van der Waals surface area (Å²) in [5.74, 6) is 0.218. The summed E-state index contributed by atoms with van der Waals surface area (Å²) in [6, 6.07) is 4.46. The third-order valence-corrected chi connectivity index (χ3v) is 4.69. The van der Waals surface area contributed by atoms with Crippen LogP contribution in [-0.4, -0.2) is 36.6 Å². The highest BCUT2D eigenvalue weighted by atomic mass is 32.2. The fourth-order valence-electron chi connectivity index (χ4n) is 2.22. The molecule has 7 nitrogen and oxygen atoms in total. The van der Waals surface area contributed by atoms with Crippen LogP contribution >= 0.6 is 0 Å². The Labute approximate surface area is 134 Å². The van der Waals surface area contributed by atoms with E-state index in [1.165, 1.54) is 18.3 Å². The summed E-state index contributed by atoms with van der Waals surface area (Å²) in [6.07, 6.45) is 7.57. The Bertz CT molecular complexity index is 798. The number of anilines is 1. The van der Waals surface area contributed by atoms with Crippen LogP contribution in [0.2, 0.25) is 0 Å². The predicted molar refractivity (Wildman–Crippen MR) is 83.6 cm³/mol. The zero-order valence-corrected chi connectivity index (χ0v) is 13.4. The van der Waals surface area contributed by atoms with Crippen molar-refractivity contribution in [3.05, 3.63) is 42.5 Å². The third kappa shape index (κ3) is 3.89. The highest BCUT2D eigenvalue weighted by Crippen LogP contribution is 2.29. The summed E-state index contributed by atoms with van der Waals surface area (Å²) >= 11 is 0. The van der Waals surface area contributed by atoms with E-state index in [1.54, 1.807) is 17.4 Å². The molecule has 0 aromatic carbocycles. The Hall–Kier alpha value is -2.35. The van der Waals surface area contributed by atoms with Crippen molar-refractivity contribution in [1.29, 1.82) is 0 Å². The molecule has 0 bridgehead atoms. The van der Waals surface area contributed by atoms with Crippen molar-refractivity contribution >= 4 is 21.7 Å². The number of pyridine rings is 1. The maximum absolute atomic E-state index is 12.5. The molecule has 2 heterocycles. The smallest absolute Gasteiger partial charge is 0.323 e. The Morgan fingerprint density at radius 2 is 2.22 bits per heavy atom. The monoisotopic (exact) mass is 335 g/mol. The third-order valence-electron chi connectivity index (χ3n) is 3.58. The number of urea groups is 1. The molecule has 0 aliphatic heterocycles. The van der Waals surface area contributed by atoms with Crippen molar-refractivity contribution in [2.45, 2.75) is 30.3 Å². The highest BCUT2D eigenvalue weighted by Gasteiger charge is 2.33. The van der Waals surface area contributed by atoms with E-state index >= 15 is 0 Å². The molecule has 0 atom stereocenters. The zero-order valence-electron chi connectivity index (χ0n) is 12.6. The molecule has 2 aromatic rings. The van der Waals surface area contributed by atoms with Crippen LogP contribution in [0.5, 0.6) is 0 Å². The van der Waals surface area contributed by atoms with E-state index in [-0.39, 0.29) is 22.8 Å². The van der Waals surface area contributed by atoms with Gasteiger partial charge in [-0.05, 0) is 31.0 Å². The molecule has 2 amide bonds. The molecule has 3 rings (SSSR count). The van der Waals surface area contributed by atoms with Crippen LogP contribution in [0.25, 0.3) is 0 Å². The molecule has 122 valence electrons. The normalized spacial score (nSPS) is 14.5. The Balaban J connectivity index is 1.74. The molecule has 0 spiro atoms.